The summed E-state index contributed by atoms with van der Waals surface area (Å²) in [7, 11) is 0.568. The van der Waals surface area contributed by atoms with Gasteiger partial charge in [0.2, 0.25) is 5.91 Å². The van der Waals surface area contributed by atoms with Gasteiger partial charge in [0, 0.05) is 36.0 Å². The zero-order chi connectivity index (χ0) is 11.1. The molecule has 0 spiro atoms. The summed E-state index contributed by atoms with van der Waals surface area (Å²) in [4.78, 5) is 11.3. The van der Waals surface area contributed by atoms with Crippen molar-refractivity contribution in [1.29, 1.82) is 0 Å². The van der Waals surface area contributed by atoms with Crippen molar-refractivity contribution in [3.8, 4) is 0 Å². The molecule has 0 fully saturated rings. The van der Waals surface area contributed by atoms with Gasteiger partial charge in [0.15, 0.2) is 0 Å². The molecule has 0 heterocycles. The zero-order valence-electron chi connectivity index (χ0n) is 8.78. The first-order valence-corrected chi connectivity index (χ1v) is 6.05. The molecule has 0 rings (SSSR count). The van der Waals surface area contributed by atoms with Gasteiger partial charge < -0.3 is 15.8 Å². The predicted molar refractivity (Wildman–Crippen MR) is 56.4 cm³/mol. The SMILES string of the molecule is COCC(N)C(=O)NC(C)CS(C)=O. The third-order valence-electron chi connectivity index (χ3n) is 1.56. The lowest BCUT2D eigenvalue weighted by Gasteiger charge is -2.15. The molecule has 0 saturated heterocycles. The van der Waals surface area contributed by atoms with Gasteiger partial charge in [0.1, 0.15) is 6.04 Å². The maximum Gasteiger partial charge on any atom is 0.239 e. The monoisotopic (exact) mass is 222 g/mol. The number of hydrogen-bond donors (Lipinski definition) is 2. The molecule has 84 valence electrons. The van der Waals surface area contributed by atoms with Crippen LogP contribution >= 0.6 is 0 Å². The lowest BCUT2D eigenvalue weighted by Crippen LogP contribution is -2.47. The Morgan fingerprint density at radius 2 is 2.21 bits per heavy atom. The zero-order valence-corrected chi connectivity index (χ0v) is 9.60. The molecule has 14 heavy (non-hydrogen) atoms. The average molecular weight is 222 g/mol. The molecule has 3 atom stereocenters. The number of nitrogens with two attached hydrogens (primary N) is 1. The number of ether oxygens (including phenoxy) is 1. The number of nitrogens with one attached hydrogen (secondary N) is 1. The van der Waals surface area contributed by atoms with Gasteiger partial charge in [-0.05, 0) is 6.92 Å². The molecule has 0 aliphatic rings. The summed E-state index contributed by atoms with van der Waals surface area (Å²) in [6, 6.07) is -0.788. The minimum absolute atomic E-state index is 0.128. The van der Waals surface area contributed by atoms with Crippen molar-refractivity contribution in [2.75, 3.05) is 25.7 Å². The summed E-state index contributed by atoms with van der Waals surface area (Å²) in [5.74, 6) is 0.163. The summed E-state index contributed by atoms with van der Waals surface area (Å²) in [5.41, 5.74) is 5.49. The lowest BCUT2D eigenvalue weighted by molar-refractivity contribution is -0.123. The first-order valence-electron chi connectivity index (χ1n) is 4.32. The molecule has 0 aromatic carbocycles. The fraction of sp³-hybridized carbons (Fsp3) is 0.875. The third-order valence-corrected chi connectivity index (χ3v) is 2.53. The maximum absolute atomic E-state index is 11.3. The Bertz CT molecular complexity index is 211. The van der Waals surface area contributed by atoms with Crippen molar-refractivity contribution in [3.63, 3.8) is 0 Å². The van der Waals surface area contributed by atoms with Crippen molar-refractivity contribution in [3.05, 3.63) is 0 Å². The maximum atomic E-state index is 11.3. The topological polar surface area (TPSA) is 81.4 Å². The standard InChI is InChI=1S/C8H18N2O3S/c1-6(5-14(3)12)10-8(11)7(9)4-13-2/h6-7H,4-5,9H2,1-3H3,(H,10,11). The Hall–Kier alpha value is -0.460. The first kappa shape index (κ1) is 13.5. The highest BCUT2D eigenvalue weighted by Crippen LogP contribution is 1.88. The van der Waals surface area contributed by atoms with Crippen LogP contribution in [0.5, 0.6) is 0 Å². The second-order valence-corrected chi connectivity index (χ2v) is 4.69. The quantitative estimate of drug-likeness (QED) is 0.594. The van der Waals surface area contributed by atoms with Crippen molar-refractivity contribution in [1.82, 2.24) is 5.32 Å². The number of hydrogen-bond acceptors (Lipinski definition) is 4. The fourth-order valence-electron chi connectivity index (χ4n) is 0.999. The van der Waals surface area contributed by atoms with Gasteiger partial charge in [0.05, 0.1) is 6.61 Å². The van der Waals surface area contributed by atoms with E-state index in [0.29, 0.717) is 5.75 Å². The van der Waals surface area contributed by atoms with Gasteiger partial charge in [-0.25, -0.2) is 0 Å². The van der Waals surface area contributed by atoms with Gasteiger partial charge >= 0.3 is 0 Å². The van der Waals surface area contributed by atoms with E-state index < -0.39 is 16.8 Å². The van der Waals surface area contributed by atoms with E-state index in [2.05, 4.69) is 5.32 Å². The van der Waals surface area contributed by atoms with Crippen LogP contribution in [-0.4, -0.2) is 47.9 Å². The summed E-state index contributed by atoms with van der Waals surface area (Å²) in [6.45, 7) is 1.98. The normalized spacial score (nSPS) is 17.1. The number of carbonyl (C=O) groups is 1. The third kappa shape index (κ3) is 6.06. The van der Waals surface area contributed by atoms with E-state index in [1.165, 1.54) is 7.11 Å². The molecule has 0 aromatic heterocycles. The molecular weight excluding hydrogens is 204 g/mol. The highest BCUT2D eigenvalue weighted by atomic mass is 32.2. The van der Waals surface area contributed by atoms with Crippen LogP contribution in [0.1, 0.15) is 6.92 Å². The number of rotatable bonds is 6. The minimum Gasteiger partial charge on any atom is -0.383 e. The highest BCUT2D eigenvalue weighted by Gasteiger charge is 2.15. The number of amides is 1. The lowest BCUT2D eigenvalue weighted by atomic mass is 10.3. The predicted octanol–water partition coefficient (Wildman–Crippen LogP) is -1.16. The molecule has 0 bridgehead atoms. The molecular formula is C8H18N2O3S. The van der Waals surface area contributed by atoms with E-state index in [1.54, 1.807) is 13.2 Å². The van der Waals surface area contributed by atoms with Crippen molar-refractivity contribution < 1.29 is 13.7 Å². The Kier molecular flexibility index (Phi) is 6.69. The molecule has 0 aliphatic heterocycles. The van der Waals surface area contributed by atoms with Crippen LogP contribution in [0.15, 0.2) is 0 Å². The Morgan fingerprint density at radius 1 is 1.64 bits per heavy atom. The van der Waals surface area contributed by atoms with Crippen molar-refractivity contribution in [2.24, 2.45) is 5.73 Å². The largest absolute Gasteiger partial charge is 0.383 e. The van der Waals surface area contributed by atoms with Crippen LogP contribution in [-0.2, 0) is 20.3 Å². The van der Waals surface area contributed by atoms with Gasteiger partial charge in [0.25, 0.3) is 0 Å². The smallest absolute Gasteiger partial charge is 0.239 e. The molecule has 0 aromatic rings. The molecule has 3 unspecified atom stereocenters. The van der Waals surface area contributed by atoms with Gasteiger partial charge in [-0.3, -0.25) is 9.00 Å². The summed E-state index contributed by atoms with van der Waals surface area (Å²) in [5, 5.41) is 2.66. The number of carbonyl (C=O) groups excluding carboxylic acids is 1. The Labute approximate surface area is 86.8 Å². The van der Waals surface area contributed by atoms with Gasteiger partial charge in [-0.2, -0.15) is 0 Å². The summed E-state index contributed by atoms with van der Waals surface area (Å²) in [6.07, 6.45) is 1.59. The Morgan fingerprint density at radius 3 is 2.64 bits per heavy atom. The second kappa shape index (κ2) is 6.92. The van der Waals surface area contributed by atoms with Crippen molar-refractivity contribution >= 4 is 16.7 Å². The molecule has 0 radical (unpaired) electrons. The number of methoxy groups -OCH3 is 1. The molecule has 0 aliphatic carbocycles. The average Bonchev–Trinajstić information content (AvgIpc) is 2.02. The molecule has 3 N–H and O–H groups in total. The van der Waals surface area contributed by atoms with Crippen LogP contribution in [0, 0.1) is 0 Å². The van der Waals surface area contributed by atoms with E-state index in [4.69, 9.17) is 10.5 Å². The van der Waals surface area contributed by atoms with Gasteiger partial charge in [-0.15, -0.1) is 0 Å². The van der Waals surface area contributed by atoms with E-state index in [-0.39, 0.29) is 18.6 Å². The molecule has 5 nitrogen and oxygen atoms in total. The van der Waals surface area contributed by atoms with Crippen LogP contribution < -0.4 is 11.1 Å². The van der Waals surface area contributed by atoms with E-state index in [1.807, 2.05) is 0 Å². The van der Waals surface area contributed by atoms with E-state index in [9.17, 15) is 9.00 Å². The molecule has 6 heteroatoms. The summed E-state index contributed by atoms with van der Waals surface area (Å²) >= 11 is 0. The molecule has 0 saturated carbocycles. The van der Waals surface area contributed by atoms with Gasteiger partial charge in [-0.1, -0.05) is 0 Å². The molecule has 1 amide bonds. The van der Waals surface area contributed by atoms with E-state index in [0.717, 1.165) is 0 Å². The van der Waals surface area contributed by atoms with Crippen LogP contribution in [0.3, 0.4) is 0 Å². The second-order valence-electron chi connectivity index (χ2n) is 3.21. The van der Waals surface area contributed by atoms with Crippen LogP contribution in [0.2, 0.25) is 0 Å². The highest BCUT2D eigenvalue weighted by molar-refractivity contribution is 7.84. The van der Waals surface area contributed by atoms with Crippen LogP contribution in [0.4, 0.5) is 0 Å². The van der Waals surface area contributed by atoms with Crippen LogP contribution in [0.25, 0.3) is 0 Å². The summed E-state index contributed by atoms with van der Waals surface area (Å²) < 4.78 is 15.6. The Balaban J connectivity index is 3.86. The first-order chi connectivity index (χ1) is 6.47. The van der Waals surface area contributed by atoms with Crippen molar-refractivity contribution in [2.45, 2.75) is 19.0 Å². The van der Waals surface area contributed by atoms with E-state index >= 15 is 0 Å². The fourth-order valence-corrected chi connectivity index (χ4v) is 1.79. The minimum atomic E-state index is -0.916.